The van der Waals surface area contributed by atoms with Crippen LogP contribution in [0, 0.1) is 0 Å². The van der Waals surface area contributed by atoms with Crippen molar-refractivity contribution in [1.82, 2.24) is 14.9 Å². The number of anilines is 3. The number of piperazine rings is 1. The first-order valence-electron chi connectivity index (χ1n) is 8.70. The minimum absolute atomic E-state index is 0.350. The lowest BCUT2D eigenvalue weighted by Gasteiger charge is -2.33. The van der Waals surface area contributed by atoms with E-state index in [2.05, 4.69) is 37.4 Å². The molecule has 0 atom stereocenters. The summed E-state index contributed by atoms with van der Waals surface area (Å²) in [6.07, 6.45) is 1.47. The lowest BCUT2D eigenvalue weighted by atomic mass is 10.3. The summed E-state index contributed by atoms with van der Waals surface area (Å²) in [7, 11) is 2.11. The zero-order valence-electron chi connectivity index (χ0n) is 15.1. The van der Waals surface area contributed by atoms with Gasteiger partial charge in [0.1, 0.15) is 23.7 Å². The maximum atomic E-state index is 12.2. The third-order valence-electron chi connectivity index (χ3n) is 4.14. The number of urea groups is 1. The van der Waals surface area contributed by atoms with Gasteiger partial charge in [0.05, 0.1) is 6.61 Å². The number of nitrogens with one attached hydrogen (secondary N) is 2. The molecule has 1 saturated heterocycles. The number of carbonyl (C=O) groups excluding carboxylic acids is 1. The average molecular weight is 356 g/mol. The number of hydrogen-bond acceptors (Lipinski definition) is 6. The fourth-order valence-electron chi connectivity index (χ4n) is 2.70. The highest BCUT2D eigenvalue weighted by Crippen LogP contribution is 2.18. The molecule has 138 valence electrons. The Morgan fingerprint density at radius 2 is 1.85 bits per heavy atom. The topological polar surface area (TPSA) is 82.6 Å². The molecular weight excluding hydrogens is 332 g/mol. The summed E-state index contributed by atoms with van der Waals surface area (Å²) in [6.45, 7) is 6.33. The highest BCUT2D eigenvalue weighted by atomic mass is 16.5. The van der Waals surface area contributed by atoms with Gasteiger partial charge in [0, 0.05) is 37.9 Å². The second-order valence-electron chi connectivity index (χ2n) is 6.09. The van der Waals surface area contributed by atoms with Crippen LogP contribution in [0.5, 0.6) is 5.75 Å². The molecule has 1 aromatic heterocycles. The fraction of sp³-hybridized carbons (Fsp3) is 0.389. The molecule has 0 radical (unpaired) electrons. The van der Waals surface area contributed by atoms with Crippen LogP contribution >= 0.6 is 0 Å². The molecule has 0 unspecified atom stereocenters. The van der Waals surface area contributed by atoms with Gasteiger partial charge in [0.15, 0.2) is 0 Å². The summed E-state index contributed by atoms with van der Waals surface area (Å²) in [6, 6.07) is 8.66. The van der Waals surface area contributed by atoms with Gasteiger partial charge in [-0.05, 0) is 38.2 Å². The largest absolute Gasteiger partial charge is 0.494 e. The molecule has 8 heteroatoms. The molecule has 0 spiro atoms. The van der Waals surface area contributed by atoms with E-state index in [9.17, 15) is 4.79 Å². The average Bonchev–Trinajstić information content (AvgIpc) is 2.64. The van der Waals surface area contributed by atoms with Crippen LogP contribution in [-0.4, -0.2) is 60.7 Å². The van der Waals surface area contributed by atoms with Gasteiger partial charge in [-0.2, -0.15) is 0 Å². The normalized spacial score (nSPS) is 14.8. The molecule has 1 aliphatic rings. The quantitative estimate of drug-likeness (QED) is 0.855. The molecule has 2 N–H and O–H groups in total. The van der Waals surface area contributed by atoms with Crippen molar-refractivity contribution in [2.45, 2.75) is 6.92 Å². The van der Waals surface area contributed by atoms with E-state index in [0.717, 1.165) is 37.7 Å². The molecule has 2 aromatic rings. The third kappa shape index (κ3) is 4.82. The SMILES string of the molecule is CCOc1ccc(NC(=O)Nc2cc(N3CCN(C)CC3)ncn2)cc1. The number of nitrogens with zero attached hydrogens (tertiary/aromatic N) is 4. The van der Waals surface area contributed by atoms with E-state index in [-0.39, 0.29) is 6.03 Å². The first-order chi connectivity index (χ1) is 12.6. The van der Waals surface area contributed by atoms with Gasteiger partial charge in [0.25, 0.3) is 0 Å². The maximum absolute atomic E-state index is 12.2. The Bertz CT molecular complexity index is 729. The number of likely N-dealkylation sites (N-methyl/N-ethyl adjacent to an activating group) is 1. The number of rotatable bonds is 5. The van der Waals surface area contributed by atoms with Crippen LogP contribution in [0.2, 0.25) is 0 Å². The van der Waals surface area contributed by atoms with Crippen molar-refractivity contribution in [3.05, 3.63) is 36.7 Å². The van der Waals surface area contributed by atoms with Crippen molar-refractivity contribution >= 4 is 23.4 Å². The smallest absolute Gasteiger partial charge is 0.324 e. The van der Waals surface area contributed by atoms with Gasteiger partial charge >= 0.3 is 6.03 Å². The summed E-state index contributed by atoms with van der Waals surface area (Å²) in [5.74, 6) is 2.06. The Morgan fingerprint density at radius 3 is 2.54 bits per heavy atom. The molecule has 26 heavy (non-hydrogen) atoms. The van der Waals surface area contributed by atoms with Gasteiger partial charge in [0.2, 0.25) is 0 Å². The van der Waals surface area contributed by atoms with Crippen LogP contribution < -0.4 is 20.3 Å². The van der Waals surface area contributed by atoms with E-state index in [0.29, 0.717) is 18.1 Å². The maximum Gasteiger partial charge on any atom is 0.324 e. The van der Waals surface area contributed by atoms with E-state index < -0.39 is 0 Å². The highest BCUT2D eigenvalue weighted by molar-refractivity contribution is 5.99. The van der Waals surface area contributed by atoms with Gasteiger partial charge in [-0.25, -0.2) is 14.8 Å². The zero-order valence-corrected chi connectivity index (χ0v) is 15.1. The van der Waals surface area contributed by atoms with Crippen molar-refractivity contribution in [2.24, 2.45) is 0 Å². The summed E-state index contributed by atoms with van der Waals surface area (Å²) in [5.41, 5.74) is 0.680. The van der Waals surface area contributed by atoms with Crippen molar-refractivity contribution in [1.29, 1.82) is 0 Å². The molecule has 8 nitrogen and oxygen atoms in total. The van der Waals surface area contributed by atoms with Gasteiger partial charge in [-0.15, -0.1) is 0 Å². The summed E-state index contributed by atoms with van der Waals surface area (Å²) < 4.78 is 5.39. The number of amides is 2. The zero-order chi connectivity index (χ0) is 18.4. The minimum atomic E-state index is -0.350. The summed E-state index contributed by atoms with van der Waals surface area (Å²) in [5, 5.41) is 5.53. The van der Waals surface area contributed by atoms with Crippen LogP contribution in [0.4, 0.5) is 22.1 Å². The number of carbonyl (C=O) groups is 1. The number of aromatic nitrogens is 2. The van der Waals surface area contributed by atoms with Gasteiger partial charge < -0.3 is 19.9 Å². The van der Waals surface area contributed by atoms with Crippen molar-refractivity contribution in [2.75, 3.05) is 55.4 Å². The van der Waals surface area contributed by atoms with E-state index in [1.807, 2.05) is 19.1 Å². The predicted octanol–water partition coefficient (Wildman–Crippen LogP) is 2.27. The van der Waals surface area contributed by atoms with Crippen molar-refractivity contribution in [3.8, 4) is 5.75 Å². The molecule has 1 aromatic carbocycles. The molecule has 0 bridgehead atoms. The van der Waals surface area contributed by atoms with E-state index in [4.69, 9.17) is 4.74 Å². The second-order valence-corrected chi connectivity index (χ2v) is 6.09. The Balaban J connectivity index is 1.58. The molecular formula is C18H24N6O2. The van der Waals surface area contributed by atoms with Crippen LogP contribution in [0.1, 0.15) is 6.92 Å². The van der Waals surface area contributed by atoms with Crippen LogP contribution in [0.3, 0.4) is 0 Å². The van der Waals surface area contributed by atoms with Crippen LogP contribution in [-0.2, 0) is 0 Å². The van der Waals surface area contributed by atoms with E-state index in [1.54, 1.807) is 18.2 Å². The molecule has 1 fully saturated rings. The first kappa shape index (κ1) is 17.9. The Hall–Kier alpha value is -2.87. The van der Waals surface area contributed by atoms with E-state index in [1.165, 1.54) is 6.33 Å². The predicted molar refractivity (Wildman–Crippen MR) is 102 cm³/mol. The molecule has 0 saturated carbocycles. The lowest BCUT2D eigenvalue weighted by Crippen LogP contribution is -2.44. The Morgan fingerprint density at radius 1 is 1.12 bits per heavy atom. The summed E-state index contributed by atoms with van der Waals surface area (Å²) in [4.78, 5) is 25.1. The number of benzene rings is 1. The molecule has 3 rings (SSSR count). The Labute approximate surface area is 153 Å². The molecule has 1 aliphatic heterocycles. The van der Waals surface area contributed by atoms with Gasteiger partial charge in [-0.1, -0.05) is 0 Å². The molecule has 2 amide bonds. The molecule has 0 aliphatic carbocycles. The first-order valence-corrected chi connectivity index (χ1v) is 8.70. The number of hydrogen-bond donors (Lipinski definition) is 2. The van der Waals surface area contributed by atoms with Crippen molar-refractivity contribution < 1.29 is 9.53 Å². The minimum Gasteiger partial charge on any atom is -0.494 e. The number of ether oxygens (including phenoxy) is 1. The monoisotopic (exact) mass is 356 g/mol. The standard InChI is InChI=1S/C18H24N6O2/c1-3-26-15-6-4-14(5-7-15)21-18(25)22-16-12-17(20-13-19-16)24-10-8-23(2)9-11-24/h4-7,12-13H,3,8-11H2,1-2H3,(H2,19,20,21,22,25). The van der Waals surface area contributed by atoms with Crippen molar-refractivity contribution in [3.63, 3.8) is 0 Å². The summed E-state index contributed by atoms with van der Waals surface area (Å²) >= 11 is 0. The fourth-order valence-corrected chi connectivity index (χ4v) is 2.70. The molecule has 2 heterocycles. The van der Waals surface area contributed by atoms with E-state index >= 15 is 0 Å². The lowest BCUT2D eigenvalue weighted by molar-refractivity contribution is 0.262. The third-order valence-corrected chi connectivity index (χ3v) is 4.14. The highest BCUT2D eigenvalue weighted by Gasteiger charge is 2.16. The second kappa shape index (κ2) is 8.48. The van der Waals surface area contributed by atoms with Crippen LogP contribution in [0.15, 0.2) is 36.7 Å². The van der Waals surface area contributed by atoms with Gasteiger partial charge in [-0.3, -0.25) is 5.32 Å². The Kier molecular flexibility index (Phi) is 5.85. The van der Waals surface area contributed by atoms with Crippen LogP contribution in [0.25, 0.3) is 0 Å².